The second kappa shape index (κ2) is 7.06. The zero-order valence-corrected chi connectivity index (χ0v) is 11.7. The predicted octanol–water partition coefficient (Wildman–Crippen LogP) is 4.07. The number of hydrogen-bond donors (Lipinski definition) is 1. The van der Waals surface area contributed by atoms with Crippen LogP contribution in [0, 0.1) is 5.82 Å². The minimum atomic E-state index is -0.268. The third kappa shape index (κ3) is 3.58. The first-order chi connectivity index (χ1) is 9.74. The van der Waals surface area contributed by atoms with Crippen molar-refractivity contribution >= 4 is 0 Å². The molecule has 0 saturated heterocycles. The minimum absolute atomic E-state index is 0.268. The van der Waals surface area contributed by atoms with Gasteiger partial charge in [-0.05, 0) is 49.2 Å². The molecule has 0 unspecified atom stereocenters. The van der Waals surface area contributed by atoms with E-state index in [0.717, 1.165) is 12.8 Å². The molecule has 2 aromatic rings. The van der Waals surface area contributed by atoms with Crippen molar-refractivity contribution in [2.24, 2.45) is 5.73 Å². The van der Waals surface area contributed by atoms with Gasteiger partial charge in [0.05, 0.1) is 0 Å². The largest absolute Gasteiger partial charge is 0.457 e. The summed E-state index contributed by atoms with van der Waals surface area (Å²) >= 11 is 0. The van der Waals surface area contributed by atoms with E-state index < -0.39 is 0 Å². The molecule has 3 heteroatoms. The molecule has 0 spiro atoms. The van der Waals surface area contributed by atoms with E-state index in [1.807, 2.05) is 24.3 Å². The molecule has 2 rings (SSSR count). The van der Waals surface area contributed by atoms with Gasteiger partial charge < -0.3 is 10.5 Å². The molecule has 0 amide bonds. The van der Waals surface area contributed by atoms with E-state index in [1.165, 1.54) is 11.6 Å². The van der Waals surface area contributed by atoms with Crippen LogP contribution >= 0.6 is 0 Å². The Bertz CT molecular complexity index is 551. The van der Waals surface area contributed by atoms with Crippen molar-refractivity contribution in [2.75, 3.05) is 6.54 Å². The lowest BCUT2D eigenvalue weighted by atomic mass is 10.1. The van der Waals surface area contributed by atoms with Crippen LogP contribution in [0.2, 0.25) is 0 Å². The van der Waals surface area contributed by atoms with Crippen molar-refractivity contribution in [3.63, 3.8) is 0 Å². The van der Waals surface area contributed by atoms with E-state index in [0.29, 0.717) is 30.0 Å². The van der Waals surface area contributed by atoms with E-state index in [-0.39, 0.29) is 5.82 Å². The Morgan fingerprint density at radius 2 is 1.80 bits per heavy atom. The van der Waals surface area contributed by atoms with Gasteiger partial charge in [-0.15, -0.1) is 0 Å². The first-order valence-corrected chi connectivity index (χ1v) is 6.99. The summed E-state index contributed by atoms with van der Waals surface area (Å²) in [5.41, 5.74) is 7.34. The third-order valence-electron chi connectivity index (χ3n) is 3.16. The van der Waals surface area contributed by atoms with Gasteiger partial charge in [0.15, 0.2) is 0 Å². The predicted molar refractivity (Wildman–Crippen MR) is 79.7 cm³/mol. The molecule has 0 heterocycles. The van der Waals surface area contributed by atoms with Gasteiger partial charge in [0.25, 0.3) is 0 Å². The Balaban J connectivity index is 2.19. The fraction of sp³-hybridized carbons (Fsp3) is 0.294. The number of benzene rings is 2. The molecular weight excluding hydrogens is 253 g/mol. The van der Waals surface area contributed by atoms with Crippen molar-refractivity contribution in [1.29, 1.82) is 0 Å². The van der Waals surface area contributed by atoms with Crippen LogP contribution < -0.4 is 10.5 Å². The third-order valence-corrected chi connectivity index (χ3v) is 3.16. The highest BCUT2D eigenvalue weighted by atomic mass is 19.1. The molecule has 0 bridgehead atoms. The molecule has 0 aliphatic rings. The van der Waals surface area contributed by atoms with Crippen molar-refractivity contribution in [1.82, 2.24) is 0 Å². The van der Waals surface area contributed by atoms with E-state index in [2.05, 4.69) is 6.92 Å². The Morgan fingerprint density at radius 3 is 2.45 bits per heavy atom. The van der Waals surface area contributed by atoms with Gasteiger partial charge in [-0.25, -0.2) is 4.39 Å². The monoisotopic (exact) mass is 273 g/mol. The summed E-state index contributed by atoms with van der Waals surface area (Å²) in [4.78, 5) is 0. The maximum atomic E-state index is 13.8. The molecule has 106 valence electrons. The van der Waals surface area contributed by atoms with Gasteiger partial charge in [-0.2, -0.15) is 0 Å². The van der Waals surface area contributed by atoms with Crippen molar-refractivity contribution in [3.05, 3.63) is 59.4 Å². The topological polar surface area (TPSA) is 35.2 Å². The lowest BCUT2D eigenvalue weighted by molar-refractivity contribution is 0.467. The van der Waals surface area contributed by atoms with E-state index >= 15 is 0 Å². The van der Waals surface area contributed by atoms with Crippen LogP contribution in [-0.4, -0.2) is 6.54 Å². The van der Waals surface area contributed by atoms with Crippen LogP contribution in [-0.2, 0) is 12.8 Å². The Morgan fingerprint density at radius 1 is 1.05 bits per heavy atom. The zero-order valence-electron chi connectivity index (χ0n) is 11.7. The fourth-order valence-corrected chi connectivity index (χ4v) is 2.16. The molecule has 0 fully saturated rings. The molecule has 0 aliphatic carbocycles. The highest BCUT2D eigenvalue weighted by molar-refractivity contribution is 5.39. The van der Waals surface area contributed by atoms with Crippen LogP contribution in [0.15, 0.2) is 42.5 Å². The molecule has 0 saturated carbocycles. The van der Waals surface area contributed by atoms with Gasteiger partial charge in [0.1, 0.15) is 17.3 Å². The molecule has 20 heavy (non-hydrogen) atoms. The van der Waals surface area contributed by atoms with Crippen molar-refractivity contribution in [2.45, 2.75) is 26.2 Å². The molecule has 0 aromatic heterocycles. The number of ether oxygens (including phenoxy) is 1. The quantitative estimate of drug-likeness (QED) is 0.861. The average Bonchev–Trinajstić information content (AvgIpc) is 2.45. The summed E-state index contributed by atoms with van der Waals surface area (Å²) < 4.78 is 19.5. The van der Waals surface area contributed by atoms with Gasteiger partial charge in [-0.3, -0.25) is 0 Å². The Labute approximate surface area is 119 Å². The maximum Gasteiger partial charge on any atom is 0.133 e. The Kier molecular flexibility index (Phi) is 5.13. The standard InChI is InChI=1S/C17H20FNO/c1-2-4-13-7-9-14(10-8-13)20-17-6-3-5-16(18)15(17)11-12-19/h3,5-10H,2,4,11-12,19H2,1H3. The van der Waals surface area contributed by atoms with Crippen LogP contribution in [0.5, 0.6) is 11.5 Å². The summed E-state index contributed by atoms with van der Waals surface area (Å²) in [6, 6.07) is 12.8. The smallest absolute Gasteiger partial charge is 0.133 e. The number of halogens is 1. The lowest BCUT2D eigenvalue weighted by Gasteiger charge is -2.12. The summed E-state index contributed by atoms with van der Waals surface area (Å²) in [5.74, 6) is 0.989. The summed E-state index contributed by atoms with van der Waals surface area (Å²) in [7, 11) is 0. The van der Waals surface area contributed by atoms with Crippen molar-refractivity contribution < 1.29 is 9.13 Å². The van der Waals surface area contributed by atoms with Crippen LogP contribution in [0.25, 0.3) is 0 Å². The summed E-state index contributed by atoms with van der Waals surface area (Å²) in [5, 5.41) is 0. The number of rotatable bonds is 6. The first-order valence-electron chi connectivity index (χ1n) is 6.99. The Hall–Kier alpha value is -1.87. The van der Waals surface area contributed by atoms with E-state index in [4.69, 9.17) is 10.5 Å². The van der Waals surface area contributed by atoms with Gasteiger partial charge >= 0.3 is 0 Å². The first kappa shape index (κ1) is 14.5. The molecule has 2 aromatic carbocycles. The summed E-state index contributed by atoms with van der Waals surface area (Å²) in [6.45, 7) is 2.54. The maximum absolute atomic E-state index is 13.8. The second-order valence-corrected chi connectivity index (χ2v) is 4.75. The second-order valence-electron chi connectivity index (χ2n) is 4.75. The lowest BCUT2D eigenvalue weighted by Crippen LogP contribution is -2.06. The number of aryl methyl sites for hydroxylation is 1. The van der Waals surface area contributed by atoms with Crippen molar-refractivity contribution in [3.8, 4) is 11.5 Å². The summed E-state index contributed by atoms with van der Waals surface area (Å²) in [6.07, 6.45) is 2.64. The molecular formula is C17H20FNO. The molecule has 0 atom stereocenters. The highest BCUT2D eigenvalue weighted by Crippen LogP contribution is 2.27. The molecule has 2 nitrogen and oxygen atoms in total. The average molecular weight is 273 g/mol. The number of nitrogens with two attached hydrogens (primary N) is 1. The zero-order chi connectivity index (χ0) is 14.4. The van der Waals surface area contributed by atoms with Gasteiger partial charge in [0, 0.05) is 5.56 Å². The highest BCUT2D eigenvalue weighted by Gasteiger charge is 2.09. The van der Waals surface area contributed by atoms with Gasteiger partial charge in [-0.1, -0.05) is 31.5 Å². The van der Waals surface area contributed by atoms with E-state index in [1.54, 1.807) is 12.1 Å². The molecule has 0 aliphatic heterocycles. The SMILES string of the molecule is CCCc1ccc(Oc2cccc(F)c2CCN)cc1. The van der Waals surface area contributed by atoms with Crippen LogP contribution in [0.1, 0.15) is 24.5 Å². The number of hydrogen-bond acceptors (Lipinski definition) is 2. The molecule has 2 N–H and O–H groups in total. The minimum Gasteiger partial charge on any atom is -0.457 e. The molecule has 0 radical (unpaired) electrons. The fourth-order valence-electron chi connectivity index (χ4n) is 2.16. The van der Waals surface area contributed by atoms with Gasteiger partial charge in [0.2, 0.25) is 0 Å². The van der Waals surface area contributed by atoms with Crippen LogP contribution in [0.4, 0.5) is 4.39 Å². The normalized spacial score (nSPS) is 10.6. The van der Waals surface area contributed by atoms with E-state index in [9.17, 15) is 4.39 Å². The van der Waals surface area contributed by atoms with Crippen LogP contribution in [0.3, 0.4) is 0 Å².